The van der Waals surface area contributed by atoms with Crippen LogP contribution in [0.3, 0.4) is 0 Å². The Morgan fingerprint density at radius 3 is 2.32 bits per heavy atom. The summed E-state index contributed by atoms with van der Waals surface area (Å²) in [7, 11) is -3.74. The number of rotatable bonds is 7. The van der Waals surface area contributed by atoms with E-state index in [4.69, 9.17) is 4.74 Å². The molecule has 1 atom stereocenters. The Morgan fingerprint density at radius 1 is 1.07 bits per heavy atom. The second-order valence-corrected chi connectivity index (χ2v) is 8.24. The van der Waals surface area contributed by atoms with Crippen molar-refractivity contribution >= 4 is 10.0 Å². The number of benzene rings is 2. The van der Waals surface area contributed by atoms with Crippen LogP contribution in [-0.4, -0.2) is 24.8 Å². The Morgan fingerprint density at radius 2 is 1.71 bits per heavy atom. The highest BCUT2D eigenvalue weighted by atomic mass is 32.2. The first-order chi connectivity index (χ1) is 13.3. The number of ether oxygens (including phenoxy) is 1. The van der Waals surface area contributed by atoms with Crippen molar-refractivity contribution in [1.82, 2.24) is 14.5 Å². The molecular formula is C21H25N3O3S. The van der Waals surface area contributed by atoms with E-state index in [0.29, 0.717) is 18.0 Å². The van der Waals surface area contributed by atoms with Gasteiger partial charge in [0, 0.05) is 6.04 Å². The van der Waals surface area contributed by atoms with Crippen LogP contribution in [0.15, 0.2) is 59.5 Å². The molecule has 0 aliphatic rings. The predicted octanol–water partition coefficient (Wildman–Crippen LogP) is 3.93. The molecule has 1 heterocycles. The number of nitrogens with zero attached hydrogens (tertiary/aromatic N) is 2. The summed E-state index contributed by atoms with van der Waals surface area (Å²) in [6, 6.07) is 16.5. The number of hydrogen-bond donors (Lipinski definition) is 1. The SMILES string of the molecule is CCOc1ccc(C(C)NS(=O)(=O)c2c(C)nn(-c3ccccc3)c2C)cc1. The molecule has 0 aliphatic heterocycles. The molecule has 0 fully saturated rings. The van der Waals surface area contributed by atoms with Gasteiger partial charge in [0.15, 0.2) is 0 Å². The molecule has 1 unspecified atom stereocenters. The summed E-state index contributed by atoms with van der Waals surface area (Å²) in [5.74, 6) is 0.761. The third-order valence-electron chi connectivity index (χ3n) is 4.52. The van der Waals surface area contributed by atoms with Crippen LogP contribution in [0.2, 0.25) is 0 Å². The standard InChI is InChI=1S/C21H25N3O3S/c1-5-27-20-13-11-18(12-14-20)15(2)23-28(25,26)21-16(3)22-24(17(21)4)19-9-7-6-8-10-19/h6-15,23H,5H2,1-4H3. The fourth-order valence-corrected chi connectivity index (χ4v) is 4.84. The molecule has 7 heteroatoms. The van der Waals surface area contributed by atoms with Crippen molar-refractivity contribution in [2.75, 3.05) is 6.61 Å². The normalized spacial score (nSPS) is 12.7. The maximum atomic E-state index is 13.1. The number of aryl methyl sites for hydroxylation is 1. The summed E-state index contributed by atoms with van der Waals surface area (Å²) in [5, 5.41) is 4.44. The Balaban J connectivity index is 1.88. The molecule has 1 aromatic heterocycles. The number of para-hydroxylation sites is 1. The molecule has 0 bridgehead atoms. The van der Waals surface area contributed by atoms with Crippen LogP contribution in [0.25, 0.3) is 5.69 Å². The van der Waals surface area contributed by atoms with Gasteiger partial charge in [-0.05, 0) is 57.5 Å². The van der Waals surface area contributed by atoms with E-state index in [-0.39, 0.29) is 10.9 Å². The Hall–Kier alpha value is -2.64. The van der Waals surface area contributed by atoms with Crippen molar-refractivity contribution < 1.29 is 13.2 Å². The summed E-state index contributed by atoms with van der Waals surface area (Å²) < 4.78 is 36.0. The van der Waals surface area contributed by atoms with Gasteiger partial charge < -0.3 is 4.74 Å². The van der Waals surface area contributed by atoms with E-state index in [9.17, 15) is 8.42 Å². The van der Waals surface area contributed by atoms with Crippen molar-refractivity contribution in [1.29, 1.82) is 0 Å². The van der Waals surface area contributed by atoms with Crippen molar-refractivity contribution in [3.8, 4) is 11.4 Å². The van der Waals surface area contributed by atoms with Crippen LogP contribution in [0.1, 0.15) is 36.8 Å². The monoisotopic (exact) mass is 399 g/mol. The fraction of sp³-hybridized carbons (Fsp3) is 0.286. The number of aromatic nitrogens is 2. The minimum absolute atomic E-state index is 0.217. The lowest BCUT2D eigenvalue weighted by Crippen LogP contribution is -2.27. The molecule has 0 spiro atoms. The summed E-state index contributed by atoms with van der Waals surface area (Å²) in [6.07, 6.45) is 0. The maximum absolute atomic E-state index is 13.1. The topological polar surface area (TPSA) is 73.2 Å². The van der Waals surface area contributed by atoms with E-state index >= 15 is 0 Å². The van der Waals surface area contributed by atoms with Crippen LogP contribution in [0.4, 0.5) is 0 Å². The highest BCUT2D eigenvalue weighted by molar-refractivity contribution is 7.89. The zero-order chi connectivity index (χ0) is 20.3. The molecule has 0 saturated heterocycles. The number of nitrogens with one attached hydrogen (secondary N) is 1. The van der Waals surface area contributed by atoms with Crippen molar-refractivity contribution in [2.24, 2.45) is 0 Å². The van der Waals surface area contributed by atoms with Gasteiger partial charge in [-0.15, -0.1) is 0 Å². The minimum Gasteiger partial charge on any atom is -0.494 e. The largest absolute Gasteiger partial charge is 0.494 e. The van der Waals surface area contributed by atoms with Crippen LogP contribution in [0.5, 0.6) is 5.75 Å². The molecule has 148 valence electrons. The van der Waals surface area contributed by atoms with E-state index in [1.54, 1.807) is 18.5 Å². The van der Waals surface area contributed by atoms with Gasteiger partial charge in [-0.2, -0.15) is 5.10 Å². The average molecular weight is 400 g/mol. The van der Waals surface area contributed by atoms with Crippen LogP contribution >= 0.6 is 0 Å². The van der Waals surface area contributed by atoms with Gasteiger partial charge in [-0.25, -0.2) is 17.8 Å². The zero-order valence-electron chi connectivity index (χ0n) is 16.5. The molecule has 28 heavy (non-hydrogen) atoms. The van der Waals surface area contributed by atoms with Gasteiger partial charge in [-0.3, -0.25) is 0 Å². The lowest BCUT2D eigenvalue weighted by molar-refractivity contribution is 0.340. The van der Waals surface area contributed by atoms with E-state index in [1.807, 2.05) is 68.4 Å². The van der Waals surface area contributed by atoms with Crippen LogP contribution in [-0.2, 0) is 10.0 Å². The van der Waals surface area contributed by atoms with Gasteiger partial charge in [0.2, 0.25) is 10.0 Å². The fourth-order valence-electron chi connectivity index (χ4n) is 3.22. The van der Waals surface area contributed by atoms with E-state index < -0.39 is 10.0 Å². The van der Waals surface area contributed by atoms with Gasteiger partial charge in [0.25, 0.3) is 0 Å². The quantitative estimate of drug-likeness (QED) is 0.653. The molecule has 0 saturated carbocycles. The third-order valence-corrected chi connectivity index (χ3v) is 6.31. The second kappa shape index (κ2) is 8.16. The number of hydrogen-bond acceptors (Lipinski definition) is 4. The van der Waals surface area contributed by atoms with Crippen molar-refractivity contribution in [2.45, 2.75) is 38.6 Å². The first kappa shape index (κ1) is 20.1. The second-order valence-electron chi connectivity index (χ2n) is 6.59. The van der Waals surface area contributed by atoms with E-state index in [2.05, 4.69) is 9.82 Å². The van der Waals surface area contributed by atoms with Crippen LogP contribution < -0.4 is 9.46 Å². The summed E-state index contributed by atoms with van der Waals surface area (Å²) in [5.41, 5.74) is 2.73. The Bertz CT molecular complexity index is 1040. The molecule has 1 N–H and O–H groups in total. The Labute approximate surface area is 166 Å². The summed E-state index contributed by atoms with van der Waals surface area (Å²) in [6.45, 7) is 7.81. The molecule has 0 amide bonds. The smallest absolute Gasteiger partial charge is 0.244 e. The molecular weight excluding hydrogens is 374 g/mol. The molecule has 2 aromatic carbocycles. The van der Waals surface area contributed by atoms with Crippen molar-refractivity contribution in [3.05, 3.63) is 71.5 Å². The molecule has 6 nitrogen and oxygen atoms in total. The highest BCUT2D eigenvalue weighted by Gasteiger charge is 2.27. The van der Waals surface area contributed by atoms with E-state index in [1.165, 1.54) is 0 Å². The molecule has 3 aromatic rings. The van der Waals surface area contributed by atoms with Gasteiger partial charge >= 0.3 is 0 Å². The average Bonchev–Trinajstić information content (AvgIpc) is 2.98. The molecule has 3 rings (SSSR count). The third kappa shape index (κ3) is 4.10. The van der Waals surface area contributed by atoms with Gasteiger partial charge in [-0.1, -0.05) is 30.3 Å². The summed E-state index contributed by atoms with van der Waals surface area (Å²) >= 11 is 0. The molecule has 0 aliphatic carbocycles. The minimum atomic E-state index is -3.74. The lowest BCUT2D eigenvalue weighted by Gasteiger charge is -2.15. The van der Waals surface area contributed by atoms with Crippen LogP contribution in [0, 0.1) is 13.8 Å². The lowest BCUT2D eigenvalue weighted by atomic mass is 10.1. The number of sulfonamides is 1. The van der Waals surface area contributed by atoms with Gasteiger partial charge in [0.1, 0.15) is 10.6 Å². The van der Waals surface area contributed by atoms with Gasteiger partial charge in [0.05, 0.1) is 23.7 Å². The van der Waals surface area contributed by atoms with E-state index in [0.717, 1.165) is 17.0 Å². The first-order valence-electron chi connectivity index (χ1n) is 9.20. The highest BCUT2D eigenvalue weighted by Crippen LogP contribution is 2.25. The van der Waals surface area contributed by atoms with Crippen molar-refractivity contribution in [3.63, 3.8) is 0 Å². The zero-order valence-corrected chi connectivity index (χ0v) is 17.3. The predicted molar refractivity (Wildman–Crippen MR) is 109 cm³/mol. The molecule has 0 radical (unpaired) electrons. The summed E-state index contributed by atoms with van der Waals surface area (Å²) in [4.78, 5) is 0.217. The Kier molecular flexibility index (Phi) is 5.86. The maximum Gasteiger partial charge on any atom is 0.244 e. The first-order valence-corrected chi connectivity index (χ1v) is 10.7.